The van der Waals surface area contributed by atoms with Crippen LogP contribution in [0.4, 0.5) is 5.69 Å². The van der Waals surface area contributed by atoms with Crippen LogP contribution < -0.4 is 9.62 Å². The van der Waals surface area contributed by atoms with Crippen LogP contribution in [0.25, 0.3) is 0 Å². The molecule has 1 fully saturated rings. The van der Waals surface area contributed by atoms with Gasteiger partial charge in [0.2, 0.25) is 0 Å². The van der Waals surface area contributed by atoms with Gasteiger partial charge in [0, 0.05) is 24.0 Å². The summed E-state index contributed by atoms with van der Waals surface area (Å²) in [6.07, 6.45) is 2.37. The number of anilines is 1. The summed E-state index contributed by atoms with van der Waals surface area (Å²) in [6.45, 7) is 2.61. The van der Waals surface area contributed by atoms with Gasteiger partial charge in [-0.2, -0.15) is 0 Å². The van der Waals surface area contributed by atoms with E-state index in [1.165, 1.54) is 41.2 Å². The minimum Gasteiger partial charge on any atom is -0.350 e. The largest absolute Gasteiger partial charge is 0.350 e. The third-order valence-corrected chi connectivity index (χ3v) is 8.58. The number of likely N-dealkylation sites (tertiary alicyclic amines) is 1. The Labute approximate surface area is 193 Å². The van der Waals surface area contributed by atoms with Gasteiger partial charge in [-0.15, -0.1) is 11.3 Å². The number of benzene rings is 2. The summed E-state index contributed by atoms with van der Waals surface area (Å²) in [7, 11) is -2.18. The van der Waals surface area contributed by atoms with Gasteiger partial charge in [0.1, 0.15) is 0 Å². The van der Waals surface area contributed by atoms with E-state index in [4.69, 9.17) is 0 Å². The molecule has 1 aliphatic heterocycles. The summed E-state index contributed by atoms with van der Waals surface area (Å²) >= 11 is 1.71. The summed E-state index contributed by atoms with van der Waals surface area (Å²) in [5.41, 5.74) is 1.02. The molecule has 4 rings (SSSR count). The number of nitrogens with zero attached hydrogens (tertiary/aromatic N) is 2. The average molecular weight is 470 g/mol. The van der Waals surface area contributed by atoms with Crippen LogP contribution in [-0.2, 0) is 10.0 Å². The Bertz CT molecular complexity index is 1130. The second-order valence-electron chi connectivity index (χ2n) is 7.82. The van der Waals surface area contributed by atoms with Crippen LogP contribution in [0.5, 0.6) is 0 Å². The van der Waals surface area contributed by atoms with E-state index < -0.39 is 10.0 Å². The van der Waals surface area contributed by atoms with Crippen molar-refractivity contribution in [2.24, 2.45) is 0 Å². The van der Waals surface area contributed by atoms with E-state index in [0.717, 1.165) is 13.1 Å². The van der Waals surface area contributed by atoms with Crippen LogP contribution in [0.2, 0.25) is 0 Å². The molecular weight excluding hydrogens is 442 g/mol. The molecule has 2 heterocycles. The van der Waals surface area contributed by atoms with Crippen molar-refractivity contribution < 1.29 is 13.2 Å². The van der Waals surface area contributed by atoms with E-state index >= 15 is 0 Å². The standard InChI is InChI=1S/C24H27N3O3S2/c1-26(20-8-3-2-4-9-20)32(29,30)21-13-11-19(12-14-21)24(28)25-18-22(23-10-7-17-31-23)27-15-5-6-16-27/h2-4,7-14,17,22H,5-6,15-16,18H2,1H3,(H,25,28)/t22-/m0/s1. The molecule has 2 aromatic carbocycles. The lowest BCUT2D eigenvalue weighted by Crippen LogP contribution is -2.36. The maximum Gasteiger partial charge on any atom is 0.264 e. The van der Waals surface area contributed by atoms with Gasteiger partial charge in [-0.3, -0.25) is 14.0 Å². The molecule has 1 saturated heterocycles. The minimum absolute atomic E-state index is 0.147. The molecule has 32 heavy (non-hydrogen) atoms. The van der Waals surface area contributed by atoms with Crippen molar-refractivity contribution in [2.45, 2.75) is 23.8 Å². The zero-order chi connectivity index (χ0) is 22.6. The fourth-order valence-corrected chi connectivity index (χ4v) is 6.00. The van der Waals surface area contributed by atoms with Crippen molar-refractivity contribution in [3.05, 3.63) is 82.6 Å². The molecular formula is C24H27N3O3S2. The van der Waals surface area contributed by atoms with E-state index in [2.05, 4.69) is 21.7 Å². The van der Waals surface area contributed by atoms with Crippen LogP contribution in [-0.4, -0.2) is 45.9 Å². The topological polar surface area (TPSA) is 69.7 Å². The molecule has 0 unspecified atom stereocenters. The van der Waals surface area contributed by atoms with E-state index in [9.17, 15) is 13.2 Å². The lowest BCUT2D eigenvalue weighted by atomic mass is 10.2. The predicted molar refractivity (Wildman–Crippen MR) is 129 cm³/mol. The number of thiophene rings is 1. The quantitative estimate of drug-likeness (QED) is 0.538. The molecule has 0 saturated carbocycles. The van der Waals surface area contributed by atoms with Crippen molar-refractivity contribution in [1.29, 1.82) is 0 Å². The van der Waals surface area contributed by atoms with E-state index in [-0.39, 0.29) is 16.8 Å². The zero-order valence-corrected chi connectivity index (χ0v) is 19.6. The van der Waals surface area contributed by atoms with Crippen LogP contribution in [0.3, 0.4) is 0 Å². The van der Waals surface area contributed by atoms with Crippen molar-refractivity contribution in [2.75, 3.05) is 31.0 Å². The van der Waals surface area contributed by atoms with Crippen molar-refractivity contribution in [1.82, 2.24) is 10.2 Å². The minimum atomic E-state index is -3.70. The van der Waals surface area contributed by atoms with Crippen LogP contribution in [0.15, 0.2) is 77.0 Å². The second-order valence-corrected chi connectivity index (χ2v) is 10.8. The molecule has 6 nitrogen and oxygen atoms in total. The SMILES string of the molecule is CN(c1ccccc1)S(=O)(=O)c1ccc(C(=O)NC[C@@H](c2cccs2)N2CCCC2)cc1. The first-order chi connectivity index (χ1) is 15.5. The van der Waals surface area contributed by atoms with Gasteiger partial charge in [0.25, 0.3) is 15.9 Å². The lowest BCUT2D eigenvalue weighted by Gasteiger charge is -2.27. The average Bonchev–Trinajstić information content (AvgIpc) is 3.54. The van der Waals surface area contributed by atoms with Gasteiger partial charge in [0.05, 0.1) is 16.6 Å². The van der Waals surface area contributed by atoms with Crippen LogP contribution >= 0.6 is 11.3 Å². The highest BCUT2D eigenvalue weighted by atomic mass is 32.2. The van der Waals surface area contributed by atoms with Gasteiger partial charge in [0.15, 0.2) is 0 Å². The molecule has 1 aromatic heterocycles. The van der Waals surface area contributed by atoms with Gasteiger partial charge in [-0.05, 0) is 73.8 Å². The monoisotopic (exact) mass is 469 g/mol. The molecule has 1 N–H and O–H groups in total. The van der Waals surface area contributed by atoms with E-state index in [0.29, 0.717) is 17.8 Å². The van der Waals surface area contributed by atoms with Crippen LogP contribution in [0, 0.1) is 0 Å². The van der Waals surface area contributed by atoms with Crippen molar-refractivity contribution in [3.8, 4) is 0 Å². The predicted octanol–water partition coefficient (Wildman–Crippen LogP) is 4.14. The Morgan fingerprint density at radius 3 is 2.34 bits per heavy atom. The molecule has 8 heteroatoms. The number of hydrogen-bond acceptors (Lipinski definition) is 5. The summed E-state index contributed by atoms with van der Waals surface area (Å²) in [5.74, 6) is -0.203. The number of carbonyl (C=O) groups is 1. The van der Waals surface area contributed by atoms with Gasteiger partial charge in [-0.25, -0.2) is 8.42 Å². The van der Waals surface area contributed by atoms with Gasteiger partial charge < -0.3 is 5.32 Å². The maximum atomic E-state index is 12.9. The third-order valence-electron chi connectivity index (χ3n) is 5.80. The third kappa shape index (κ3) is 4.87. The van der Waals surface area contributed by atoms with Gasteiger partial charge >= 0.3 is 0 Å². The molecule has 1 amide bonds. The first kappa shape index (κ1) is 22.5. The van der Waals surface area contributed by atoms with Crippen molar-refractivity contribution in [3.63, 3.8) is 0 Å². The molecule has 0 aliphatic carbocycles. The summed E-state index contributed by atoms with van der Waals surface area (Å²) in [5, 5.41) is 5.10. The molecule has 0 spiro atoms. The Morgan fingerprint density at radius 2 is 1.72 bits per heavy atom. The number of carbonyl (C=O) groups excluding carboxylic acids is 1. The Hall–Kier alpha value is -2.68. The Morgan fingerprint density at radius 1 is 1.03 bits per heavy atom. The van der Waals surface area contributed by atoms with E-state index in [1.54, 1.807) is 47.7 Å². The highest BCUT2D eigenvalue weighted by Crippen LogP contribution is 2.28. The second kappa shape index (κ2) is 9.85. The summed E-state index contributed by atoms with van der Waals surface area (Å²) in [6, 6.07) is 19.3. The smallest absolute Gasteiger partial charge is 0.264 e. The summed E-state index contributed by atoms with van der Waals surface area (Å²) < 4.78 is 27.1. The highest BCUT2D eigenvalue weighted by Gasteiger charge is 2.25. The van der Waals surface area contributed by atoms with E-state index in [1.807, 2.05) is 12.1 Å². The molecule has 0 radical (unpaired) electrons. The highest BCUT2D eigenvalue weighted by molar-refractivity contribution is 7.92. The number of rotatable bonds is 8. The Kier molecular flexibility index (Phi) is 6.93. The van der Waals surface area contributed by atoms with Crippen LogP contribution in [0.1, 0.15) is 34.1 Å². The Balaban J connectivity index is 1.44. The number of nitrogens with one attached hydrogen (secondary N) is 1. The molecule has 1 aliphatic rings. The lowest BCUT2D eigenvalue weighted by molar-refractivity contribution is 0.0938. The number of hydrogen-bond donors (Lipinski definition) is 1. The zero-order valence-electron chi connectivity index (χ0n) is 18.0. The molecule has 1 atom stereocenters. The number of sulfonamides is 1. The fourth-order valence-electron chi connectivity index (χ4n) is 3.95. The maximum absolute atomic E-state index is 12.9. The fraction of sp³-hybridized carbons (Fsp3) is 0.292. The summed E-state index contributed by atoms with van der Waals surface area (Å²) in [4.78, 5) is 16.6. The normalized spacial score (nSPS) is 15.4. The number of para-hydroxylation sites is 1. The molecule has 0 bridgehead atoms. The number of amides is 1. The molecule has 3 aromatic rings. The van der Waals surface area contributed by atoms with Crippen molar-refractivity contribution >= 4 is 33.0 Å². The first-order valence-electron chi connectivity index (χ1n) is 10.7. The first-order valence-corrected chi connectivity index (χ1v) is 13.0. The molecule has 168 valence electrons. The van der Waals surface area contributed by atoms with Gasteiger partial charge in [-0.1, -0.05) is 24.3 Å².